The van der Waals surface area contributed by atoms with Crippen molar-refractivity contribution >= 4 is 5.97 Å². The predicted molar refractivity (Wildman–Crippen MR) is 40.2 cm³/mol. The minimum absolute atomic E-state index is 0.00667. The van der Waals surface area contributed by atoms with Gasteiger partial charge in [-0.15, -0.1) is 0 Å². The molecule has 0 aromatic heterocycles. The van der Waals surface area contributed by atoms with Crippen LogP contribution >= 0.6 is 0 Å². The third-order valence-electron chi connectivity index (χ3n) is 1.97. The number of nitriles is 1. The summed E-state index contributed by atoms with van der Waals surface area (Å²) in [7, 11) is 0. The Bertz CT molecular complexity index is 275. The van der Waals surface area contributed by atoms with Gasteiger partial charge in [0.1, 0.15) is 5.76 Å². The molecule has 2 N–H and O–H groups in total. The number of aliphatic carboxylic acids is 1. The van der Waals surface area contributed by atoms with E-state index in [0.29, 0.717) is 12.8 Å². The van der Waals surface area contributed by atoms with Crippen LogP contribution in [0.1, 0.15) is 19.3 Å². The summed E-state index contributed by atoms with van der Waals surface area (Å²) in [6.07, 6.45) is 1.02. The molecule has 0 bridgehead atoms. The maximum atomic E-state index is 10.5. The van der Waals surface area contributed by atoms with E-state index in [0.717, 1.165) is 0 Å². The van der Waals surface area contributed by atoms with Gasteiger partial charge in [-0.05, 0) is 12.8 Å². The van der Waals surface area contributed by atoms with Crippen molar-refractivity contribution in [2.75, 3.05) is 0 Å². The number of aliphatic hydroxyl groups is 1. The second-order valence-electron chi connectivity index (χ2n) is 2.80. The quantitative estimate of drug-likeness (QED) is 0.614. The van der Waals surface area contributed by atoms with E-state index in [4.69, 9.17) is 15.5 Å². The molecule has 4 heteroatoms. The molecule has 0 aromatic carbocycles. The molecule has 0 saturated carbocycles. The lowest BCUT2D eigenvalue weighted by molar-refractivity contribution is -0.133. The summed E-state index contributed by atoms with van der Waals surface area (Å²) < 4.78 is 0. The van der Waals surface area contributed by atoms with Crippen LogP contribution in [-0.2, 0) is 4.79 Å². The van der Waals surface area contributed by atoms with Crippen molar-refractivity contribution in [2.45, 2.75) is 19.3 Å². The van der Waals surface area contributed by atoms with Crippen molar-refractivity contribution in [3.63, 3.8) is 0 Å². The first kappa shape index (κ1) is 8.60. The Labute approximate surface area is 69.7 Å². The maximum absolute atomic E-state index is 10.5. The molecule has 1 atom stereocenters. The molecule has 0 fully saturated rings. The van der Waals surface area contributed by atoms with E-state index in [2.05, 4.69) is 0 Å². The molecule has 1 aliphatic rings. The molecule has 1 aliphatic carbocycles. The lowest BCUT2D eigenvalue weighted by Crippen LogP contribution is -2.14. The first-order valence-corrected chi connectivity index (χ1v) is 3.69. The average molecular weight is 167 g/mol. The first-order chi connectivity index (χ1) is 5.65. The molecule has 12 heavy (non-hydrogen) atoms. The molecule has 0 heterocycles. The van der Waals surface area contributed by atoms with E-state index >= 15 is 0 Å². The third-order valence-corrected chi connectivity index (χ3v) is 1.97. The van der Waals surface area contributed by atoms with Gasteiger partial charge in [-0.25, -0.2) is 4.79 Å². The molecule has 0 saturated heterocycles. The number of nitrogens with zero attached hydrogens (tertiary/aromatic N) is 1. The SMILES string of the molecule is N#CC1CCC(O)=C(C(=O)O)C1. The number of aliphatic hydroxyl groups excluding tert-OH is 1. The van der Waals surface area contributed by atoms with Crippen molar-refractivity contribution < 1.29 is 15.0 Å². The maximum Gasteiger partial charge on any atom is 0.335 e. The molecule has 1 rings (SSSR count). The summed E-state index contributed by atoms with van der Waals surface area (Å²) in [5.41, 5.74) is -0.00667. The van der Waals surface area contributed by atoms with Gasteiger partial charge in [0, 0.05) is 6.42 Å². The molecule has 0 amide bonds. The highest BCUT2D eigenvalue weighted by atomic mass is 16.4. The molecule has 64 valence electrons. The Hall–Kier alpha value is -1.50. The van der Waals surface area contributed by atoms with Crippen molar-refractivity contribution in [1.29, 1.82) is 5.26 Å². The van der Waals surface area contributed by atoms with Gasteiger partial charge >= 0.3 is 5.97 Å². The highest BCUT2D eigenvalue weighted by molar-refractivity contribution is 5.87. The van der Waals surface area contributed by atoms with Gasteiger partial charge in [-0.3, -0.25) is 0 Å². The van der Waals surface area contributed by atoms with Crippen LogP contribution in [0, 0.1) is 17.2 Å². The van der Waals surface area contributed by atoms with Crippen LogP contribution in [0.25, 0.3) is 0 Å². The zero-order chi connectivity index (χ0) is 9.14. The number of hydrogen-bond acceptors (Lipinski definition) is 3. The fourth-order valence-electron chi connectivity index (χ4n) is 1.25. The van der Waals surface area contributed by atoms with Gasteiger partial charge in [-0.2, -0.15) is 5.26 Å². The highest BCUT2D eigenvalue weighted by Crippen LogP contribution is 2.27. The van der Waals surface area contributed by atoms with Crippen molar-refractivity contribution in [3.05, 3.63) is 11.3 Å². The number of carboxylic acids is 1. The van der Waals surface area contributed by atoms with Gasteiger partial charge in [0.05, 0.1) is 17.6 Å². The Kier molecular flexibility index (Phi) is 2.34. The molecule has 4 nitrogen and oxygen atoms in total. The highest BCUT2D eigenvalue weighted by Gasteiger charge is 2.24. The van der Waals surface area contributed by atoms with Crippen LogP contribution < -0.4 is 0 Å². The number of allylic oxidation sites excluding steroid dienone is 1. The van der Waals surface area contributed by atoms with Crippen LogP contribution in [0.3, 0.4) is 0 Å². The van der Waals surface area contributed by atoms with Crippen LogP contribution in [0.5, 0.6) is 0 Å². The molecule has 1 unspecified atom stereocenters. The fourth-order valence-corrected chi connectivity index (χ4v) is 1.25. The molecule has 0 spiro atoms. The van der Waals surface area contributed by atoms with E-state index in [9.17, 15) is 4.79 Å². The zero-order valence-corrected chi connectivity index (χ0v) is 6.45. The van der Waals surface area contributed by atoms with Crippen LogP contribution in [0.4, 0.5) is 0 Å². The monoisotopic (exact) mass is 167 g/mol. The fraction of sp³-hybridized carbons (Fsp3) is 0.500. The summed E-state index contributed by atoms with van der Waals surface area (Å²) in [5.74, 6) is -1.45. The predicted octanol–water partition coefficient (Wildman–Crippen LogP) is 1.21. The summed E-state index contributed by atoms with van der Waals surface area (Å²) in [5, 5.41) is 26.3. The lowest BCUT2D eigenvalue weighted by atomic mass is 9.89. The van der Waals surface area contributed by atoms with Gasteiger partial charge < -0.3 is 10.2 Å². The third kappa shape index (κ3) is 1.56. The lowest BCUT2D eigenvalue weighted by Gasteiger charge is -2.16. The van der Waals surface area contributed by atoms with E-state index < -0.39 is 5.97 Å². The van der Waals surface area contributed by atoms with E-state index in [1.54, 1.807) is 0 Å². The zero-order valence-electron chi connectivity index (χ0n) is 6.45. The standard InChI is InChI=1S/C8H9NO3/c9-4-5-1-2-7(10)6(3-5)8(11)12/h5,10H,1-3H2,(H,11,12). The van der Waals surface area contributed by atoms with Crippen LogP contribution in [0.15, 0.2) is 11.3 Å². The minimum Gasteiger partial charge on any atom is -0.512 e. The number of carboxylic acid groups (broad SMARTS) is 1. The normalized spacial score (nSPS) is 23.4. The van der Waals surface area contributed by atoms with Gasteiger partial charge in [-0.1, -0.05) is 0 Å². The topological polar surface area (TPSA) is 81.3 Å². The van der Waals surface area contributed by atoms with Crippen LogP contribution in [-0.4, -0.2) is 16.2 Å². The number of rotatable bonds is 1. The van der Waals surface area contributed by atoms with E-state index in [1.807, 2.05) is 6.07 Å². The summed E-state index contributed by atoms with van der Waals surface area (Å²) in [4.78, 5) is 10.5. The van der Waals surface area contributed by atoms with Crippen molar-refractivity contribution in [1.82, 2.24) is 0 Å². The Balaban J connectivity index is 2.82. The van der Waals surface area contributed by atoms with E-state index in [1.165, 1.54) is 0 Å². The van der Waals surface area contributed by atoms with Gasteiger partial charge in [0.2, 0.25) is 0 Å². The molecule has 0 aliphatic heterocycles. The first-order valence-electron chi connectivity index (χ1n) is 3.69. The average Bonchev–Trinajstić information content (AvgIpc) is 2.05. The smallest absolute Gasteiger partial charge is 0.335 e. The number of carbonyl (C=O) groups is 1. The number of hydrogen-bond donors (Lipinski definition) is 2. The van der Waals surface area contributed by atoms with Gasteiger partial charge in [0.25, 0.3) is 0 Å². The minimum atomic E-state index is -1.12. The molecule has 0 aromatic rings. The molecule has 0 radical (unpaired) electrons. The largest absolute Gasteiger partial charge is 0.512 e. The van der Waals surface area contributed by atoms with Crippen molar-refractivity contribution in [2.24, 2.45) is 5.92 Å². The summed E-state index contributed by atoms with van der Waals surface area (Å²) >= 11 is 0. The van der Waals surface area contributed by atoms with Crippen molar-refractivity contribution in [3.8, 4) is 6.07 Å². The summed E-state index contributed by atoms with van der Waals surface area (Å²) in [6.45, 7) is 0. The Morgan fingerprint density at radius 3 is 2.83 bits per heavy atom. The summed E-state index contributed by atoms with van der Waals surface area (Å²) in [6, 6.07) is 2.00. The van der Waals surface area contributed by atoms with Gasteiger partial charge in [0.15, 0.2) is 0 Å². The van der Waals surface area contributed by atoms with Crippen LogP contribution in [0.2, 0.25) is 0 Å². The Morgan fingerprint density at radius 1 is 1.67 bits per heavy atom. The molecular weight excluding hydrogens is 158 g/mol. The Morgan fingerprint density at radius 2 is 2.33 bits per heavy atom. The molecular formula is C8H9NO3. The second-order valence-corrected chi connectivity index (χ2v) is 2.80. The second kappa shape index (κ2) is 3.26. The van der Waals surface area contributed by atoms with E-state index in [-0.39, 0.29) is 23.7 Å².